The maximum absolute atomic E-state index is 14.5. The van der Waals surface area contributed by atoms with Crippen LogP contribution >= 0.6 is 22.7 Å². The molecule has 1 saturated carbocycles. The monoisotopic (exact) mass is 786 g/mol. The quantitative estimate of drug-likeness (QED) is 0.0995. The van der Waals surface area contributed by atoms with E-state index < -0.39 is 47.4 Å². The molecular weight excluding hydrogens is 749 g/mol. The van der Waals surface area contributed by atoms with Crippen molar-refractivity contribution in [2.75, 3.05) is 0 Å². The first-order chi connectivity index (χ1) is 27.2. The molecule has 7 rings (SSSR count). The van der Waals surface area contributed by atoms with Gasteiger partial charge in [0.25, 0.3) is 0 Å². The van der Waals surface area contributed by atoms with Crippen molar-refractivity contribution in [1.29, 1.82) is 0 Å². The maximum atomic E-state index is 14.5. The molecule has 2 N–H and O–H groups in total. The summed E-state index contributed by atoms with van der Waals surface area (Å²) in [7, 11) is 0. The molecule has 0 spiro atoms. The zero-order valence-corrected chi connectivity index (χ0v) is 31.7. The van der Waals surface area contributed by atoms with Crippen LogP contribution in [0.2, 0.25) is 0 Å². The number of carbonyl (C=O) groups excluding carboxylic acids is 2. The number of nitrogens with zero attached hydrogens (tertiary/aromatic N) is 2. The lowest BCUT2D eigenvalue weighted by Crippen LogP contribution is -2.64. The van der Waals surface area contributed by atoms with E-state index in [2.05, 4.69) is 0 Å². The van der Waals surface area contributed by atoms with Crippen LogP contribution in [0, 0.1) is 23.7 Å². The molecule has 2 heterocycles. The molecule has 10 nitrogen and oxygen atoms in total. The Morgan fingerprint density at radius 1 is 0.446 bits per heavy atom. The predicted molar refractivity (Wildman–Crippen MR) is 212 cm³/mol. The van der Waals surface area contributed by atoms with Crippen LogP contribution in [0.1, 0.15) is 20.9 Å². The Balaban J connectivity index is 1.12. The Morgan fingerprint density at radius 3 is 1.12 bits per heavy atom. The summed E-state index contributed by atoms with van der Waals surface area (Å²) in [5.41, 5.74) is 1.48. The molecule has 0 radical (unpaired) electrons. The van der Waals surface area contributed by atoms with Crippen molar-refractivity contribution in [3.8, 4) is 23.0 Å². The van der Waals surface area contributed by atoms with Crippen molar-refractivity contribution in [2.45, 2.75) is 26.2 Å². The molecule has 56 heavy (non-hydrogen) atoms. The average molecular weight is 787 g/mol. The Morgan fingerprint density at radius 2 is 0.804 bits per heavy atom. The second-order valence-corrected chi connectivity index (χ2v) is 15.5. The molecule has 0 unspecified atom stereocenters. The third-order valence-electron chi connectivity index (χ3n) is 9.72. The van der Waals surface area contributed by atoms with Gasteiger partial charge in [-0.05, 0) is 82.6 Å². The second-order valence-electron chi connectivity index (χ2n) is 13.4. The van der Waals surface area contributed by atoms with Crippen LogP contribution in [-0.2, 0) is 45.4 Å². The third-order valence-corrected chi connectivity index (χ3v) is 11.4. The number of carbonyl (C=O) groups is 4. The summed E-state index contributed by atoms with van der Waals surface area (Å²) >= 11 is 2.87. The Labute approximate surface area is 331 Å². The average Bonchev–Trinajstić information content (AvgIpc) is 3.91. The molecule has 1 aliphatic carbocycles. The first kappa shape index (κ1) is 38.1. The van der Waals surface area contributed by atoms with E-state index in [1.165, 1.54) is 32.5 Å². The summed E-state index contributed by atoms with van der Waals surface area (Å²) in [6, 6.07) is 40.4. The second kappa shape index (κ2) is 17.5. The zero-order valence-electron chi connectivity index (χ0n) is 30.0. The highest BCUT2D eigenvalue weighted by Crippen LogP contribution is 2.49. The maximum Gasteiger partial charge on any atom is 0.308 e. The number of ether oxygens (including phenoxy) is 2. The third kappa shape index (κ3) is 8.99. The van der Waals surface area contributed by atoms with E-state index in [0.717, 1.165) is 20.9 Å². The molecule has 2 aromatic heterocycles. The molecule has 284 valence electrons. The molecule has 1 aliphatic rings. The lowest BCUT2D eigenvalue weighted by atomic mass is 9.55. The van der Waals surface area contributed by atoms with Crippen LogP contribution in [-0.4, -0.2) is 43.8 Å². The lowest BCUT2D eigenvalue weighted by Gasteiger charge is -2.48. The summed E-state index contributed by atoms with van der Waals surface area (Å²) in [5, 5.41) is 24.9. The van der Waals surface area contributed by atoms with Crippen LogP contribution in [0.5, 0.6) is 23.0 Å². The normalized spacial score (nSPS) is 17.3. The van der Waals surface area contributed by atoms with Gasteiger partial charge in [-0.2, -0.15) is 0 Å². The fourth-order valence-corrected chi connectivity index (χ4v) is 8.46. The van der Waals surface area contributed by atoms with Gasteiger partial charge in [-0.1, -0.05) is 72.8 Å². The molecule has 0 bridgehead atoms. The van der Waals surface area contributed by atoms with E-state index in [0.29, 0.717) is 23.0 Å². The number of carboxylic acids is 2. The van der Waals surface area contributed by atoms with E-state index in [-0.39, 0.29) is 26.2 Å². The minimum absolute atomic E-state index is 0.0879. The molecule has 1 fully saturated rings. The summed E-state index contributed by atoms with van der Waals surface area (Å²) in [6.07, 6.45) is 0. The number of benzene rings is 4. The van der Waals surface area contributed by atoms with Crippen molar-refractivity contribution >= 4 is 46.4 Å². The van der Waals surface area contributed by atoms with Crippen LogP contribution in [0.25, 0.3) is 0 Å². The minimum Gasteiger partial charge on any atom is -0.481 e. The van der Waals surface area contributed by atoms with Gasteiger partial charge in [-0.15, -0.1) is 22.7 Å². The van der Waals surface area contributed by atoms with Gasteiger partial charge < -0.3 is 29.5 Å². The first-order valence-corrected chi connectivity index (χ1v) is 19.7. The van der Waals surface area contributed by atoms with Crippen molar-refractivity contribution in [1.82, 2.24) is 9.80 Å². The van der Waals surface area contributed by atoms with E-state index in [4.69, 9.17) is 9.47 Å². The number of amides is 2. The predicted octanol–water partition coefficient (Wildman–Crippen LogP) is 8.80. The molecule has 0 aliphatic heterocycles. The number of hydrogen-bond donors (Lipinski definition) is 2. The standard InChI is InChI=1S/C44H38N2O8S2/c47-41(45(27-35-13-7-23-55-35)25-29-15-19-33(20-16-29)53-31-9-3-1-4-10-31)37-39(43(49)50)38(40(37)44(51)52)42(48)46(28-36-14-8-24-56-36)26-30-17-21-34(22-18-30)54-32-11-5-2-6-12-32/h1-24,37-40H,25-28H2,(H,49,50)(H,51,52). The molecule has 0 atom stereocenters. The van der Waals surface area contributed by atoms with Gasteiger partial charge in [0.05, 0.1) is 36.8 Å². The van der Waals surface area contributed by atoms with E-state index >= 15 is 0 Å². The number of para-hydroxylation sites is 2. The van der Waals surface area contributed by atoms with Crippen LogP contribution < -0.4 is 9.47 Å². The molecule has 2 amide bonds. The topological polar surface area (TPSA) is 134 Å². The summed E-state index contributed by atoms with van der Waals surface area (Å²) in [4.78, 5) is 59.6. The summed E-state index contributed by atoms with van der Waals surface area (Å²) in [5.74, 6) is -7.54. The number of hydrogen-bond acceptors (Lipinski definition) is 8. The van der Waals surface area contributed by atoms with Gasteiger partial charge >= 0.3 is 11.9 Å². The highest BCUT2D eigenvalue weighted by molar-refractivity contribution is 7.10. The van der Waals surface area contributed by atoms with Crippen molar-refractivity contribution in [2.24, 2.45) is 23.7 Å². The Bertz CT molecular complexity index is 2060. The molecule has 12 heteroatoms. The van der Waals surface area contributed by atoms with Crippen LogP contribution in [0.15, 0.2) is 144 Å². The smallest absolute Gasteiger partial charge is 0.308 e. The van der Waals surface area contributed by atoms with E-state index in [9.17, 15) is 29.4 Å². The number of thiophene rings is 2. The fourth-order valence-electron chi connectivity index (χ4n) is 7.02. The fraction of sp³-hybridized carbons (Fsp3) is 0.182. The molecule has 6 aromatic rings. The zero-order chi connectivity index (χ0) is 39.0. The number of rotatable bonds is 16. The van der Waals surface area contributed by atoms with Crippen molar-refractivity contribution in [3.05, 3.63) is 165 Å². The number of carboxylic acid groups (broad SMARTS) is 2. The highest BCUT2D eigenvalue weighted by Gasteiger charge is 2.65. The summed E-state index contributed by atoms with van der Waals surface area (Å²) in [6.45, 7) is 0.456. The van der Waals surface area contributed by atoms with Gasteiger partial charge in [-0.3, -0.25) is 19.2 Å². The van der Waals surface area contributed by atoms with E-state index in [1.807, 2.05) is 120 Å². The van der Waals surface area contributed by atoms with Gasteiger partial charge in [0.1, 0.15) is 23.0 Å². The van der Waals surface area contributed by atoms with Crippen LogP contribution in [0.3, 0.4) is 0 Å². The van der Waals surface area contributed by atoms with Gasteiger partial charge in [0, 0.05) is 22.8 Å². The Kier molecular flexibility index (Phi) is 11.9. The molecule has 0 saturated heterocycles. The molecular formula is C44H38N2O8S2. The van der Waals surface area contributed by atoms with Crippen molar-refractivity contribution in [3.63, 3.8) is 0 Å². The van der Waals surface area contributed by atoms with Gasteiger partial charge in [0.15, 0.2) is 0 Å². The van der Waals surface area contributed by atoms with Crippen molar-refractivity contribution < 1.29 is 38.9 Å². The molecule has 4 aromatic carbocycles. The SMILES string of the molecule is O=C(O)C1C(C(=O)N(Cc2ccc(Oc3ccccc3)cc2)Cc2cccs2)C(C(=O)O)C1C(=O)N(Cc1ccc(Oc2ccccc2)cc1)Cc1cccs1. The number of aliphatic carboxylic acids is 2. The van der Waals surface area contributed by atoms with Crippen LogP contribution in [0.4, 0.5) is 0 Å². The minimum atomic E-state index is -1.55. The first-order valence-electron chi connectivity index (χ1n) is 17.9. The Hall–Kier alpha value is -6.24. The summed E-state index contributed by atoms with van der Waals surface area (Å²) < 4.78 is 11.8. The highest BCUT2D eigenvalue weighted by atomic mass is 32.1. The van der Waals surface area contributed by atoms with Gasteiger partial charge in [0.2, 0.25) is 11.8 Å². The largest absolute Gasteiger partial charge is 0.481 e. The lowest BCUT2D eigenvalue weighted by molar-refractivity contribution is -0.188. The van der Waals surface area contributed by atoms with Gasteiger partial charge in [-0.25, -0.2) is 0 Å². The van der Waals surface area contributed by atoms with E-state index in [1.54, 1.807) is 24.3 Å².